The molecule has 0 saturated carbocycles. The molecule has 2 saturated heterocycles. The second kappa shape index (κ2) is 15.9. The van der Waals surface area contributed by atoms with Crippen LogP contribution in [-0.4, -0.2) is 74.3 Å². The van der Waals surface area contributed by atoms with Gasteiger partial charge in [-0.3, -0.25) is 4.90 Å². The molecule has 6 nitrogen and oxygen atoms in total. The summed E-state index contributed by atoms with van der Waals surface area (Å²) in [5.41, 5.74) is 2.69. The summed E-state index contributed by atoms with van der Waals surface area (Å²) in [5, 5.41) is 6.94. The quantitative estimate of drug-likeness (QED) is 0.198. The van der Waals surface area contributed by atoms with Crippen molar-refractivity contribution in [1.82, 2.24) is 20.4 Å². The lowest BCUT2D eigenvalue weighted by molar-refractivity contribution is 0.0341. The first kappa shape index (κ1) is 27.3. The standard InChI is InChI=1S/C25H43N5O.HI/c1-3-26-25(27-13-7-9-15-30-14-8-6-10-22(30)2)28-20-23-11-4-5-12-24(23)21-29-16-18-31-19-17-29;/h4-5,11-12,22H,3,6-10,13-21H2,1-2H3,(H2,26,27,28);1H. The van der Waals surface area contributed by atoms with E-state index in [1.54, 1.807) is 0 Å². The van der Waals surface area contributed by atoms with Gasteiger partial charge in [0.1, 0.15) is 0 Å². The lowest BCUT2D eigenvalue weighted by Crippen LogP contribution is -2.39. The highest BCUT2D eigenvalue weighted by molar-refractivity contribution is 14.0. The van der Waals surface area contributed by atoms with Crippen molar-refractivity contribution in [2.45, 2.75) is 65.1 Å². The predicted octanol–water partition coefficient (Wildman–Crippen LogP) is 3.85. The summed E-state index contributed by atoms with van der Waals surface area (Å²) >= 11 is 0. The fourth-order valence-corrected chi connectivity index (χ4v) is 4.51. The molecule has 0 aliphatic carbocycles. The van der Waals surface area contributed by atoms with Gasteiger partial charge in [0.15, 0.2) is 5.96 Å². The molecule has 0 aromatic heterocycles. The van der Waals surface area contributed by atoms with Gasteiger partial charge in [0.05, 0.1) is 19.8 Å². The van der Waals surface area contributed by atoms with Crippen LogP contribution in [0, 0.1) is 0 Å². The van der Waals surface area contributed by atoms with E-state index in [0.717, 1.165) is 57.9 Å². The van der Waals surface area contributed by atoms with Gasteiger partial charge in [-0.2, -0.15) is 0 Å². The molecule has 32 heavy (non-hydrogen) atoms. The molecule has 3 rings (SSSR count). The van der Waals surface area contributed by atoms with Crippen molar-refractivity contribution < 1.29 is 4.74 Å². The Hall–Kier alpha value is -0.900. The third kappa shape index (κ3) is 9.53. The molecule has 2 fully saturated rings. The van der Waals surface area contributed by atoms with E-state index in [1.165, 1.54) is 56.3 Å². The van der Waals surface area contributed by atoms with E-state index in [4.69, 9.17) is 9.73 Å². The second-order valence-electron chi connectivity index (χ2n) is 8.87. The summed E-state index contributed by atoms with van der Waals surface area (Å²) in [4.78, 5) is 10.0. The third-order valence-corrected chi connectivity index (χ3v) is 6.47. The van der Waals surface area contributed by atoms with Crippen molar-refractivity contribution in [2.75, 3.05) is 52.5 Å². The Morgan fingerprint density at radius 3 is 2.59 bits per heavy atom. The molecule has 1 atom stereocenters. The Balaban J connectivity index is 0.00000363. The maximum Gasteiger partial charge on any atom is 0.191 e. The molecule has 1 unspecified atom stereocenters. The van der Waals surface area contributed by atoms with Crippen LogP contribution < -0.4 is 10.6 Å². The SMILES string of the molecule is CCNC(=NCc1ccccc1CN1CCOCC1)NCCCCN1CCCCC1C.I. The molecule has 0 radical (unpaired) electrons. The maximum absolute atomic E-state index is 5.49. The Morgan fingerprint density at radius 2 is 1.84 bits per heavy atom. The number of ether oxygens (including phenoxy) is 1. The zero-order valence-corrected chi connectivity index (χ0v) is 22.5. The number of likely N-dealkylation sites (tertiary alicyclic amines) is 1. The number of hydrogen-bond acceptors (Lipinski definition) is 4. The number of hydrogen-bond donors (Lipinski definition) is 2. The number of nitrogens with zero attached hydrogens (tertiary/aromatic N) is 3. The second-order valence-corrected chi connectivity index (χ2v) is 8.87. The molecule has 182 valence electrons. The maximum atomic E-state index is 5.49. The lowest BCUT2D eigenvalue weighted by Gasteiger charge is -2.33. The van der Waals surface area contributed by atoms with Crippen LogP contribution in [0.3, 0.4) is 0 Å². The Bertz CT molecular complexity index is 665. The van der Waals surface area contributed by atoms with E-state index < -0.39 is 0 Å². The molecular weight excluding hydrogens is 513 g/mol. The van der Waals surface area contributed by atoms with E-state index in [1.807, 2.05) is 0 Å². The number of morpholine rings is 1. The van der Waals surface area contributed by atoms with Gasteiger partial charge >= 0.3 is 0 Å². The fraction of sp³-hybridized carbons (Fsp3) is 0.720. The smallest absolute Gasteiger partial charge is 0.191 e. The summed E-state index contributed by atoms with van der Waals surface area (Å²) in [7, 11) is 0. The first-order chi connectivity index (χ1) is 15.3. The first-order valence-electron chi connectivity index (χ1n) is 12.4. The molecule has 0 bridgehead atoms. The van der Waals surface area contributed by atoms with E-state index in [-0.39, 0.29) is 24.0 Å². The van der Waals surface area contributed by atoms with E-state index >= 15 is 0 Å². The van der Waals surface area contributed by atoms with Gasteiger partial charge in [-0.25, -0.2) is 4.99 Å². The van der Waals surface area contributed by atoms with E-state index in [9.17, 15) is 0 Å². The van der Waals surface area contributed by atoms with Crippen LogP contribution in [0.4, 0.5) is 0 Å². The average molecular weight is 558 g/mol. The molecule has 7 heteroatoms. The molecule has 0 amide bonds. The molecule has 0 spiro atoms. The normalized spacial score (nSPS) is 20.6. The topological polar surface area (TPSA) is 52.1 Å². The predicted molar refractivity (Wildman–Crippen MR) is 145 cm³/mol. The summed E-state index contributed by atoms with van der Waals surface area (Å²) in [5.74, 6) is 0.926. The highest BCUT2D eigenvalue weighted by Gasteiger charge is 2.17. The zero-order chi connectivity index (χ0) is 21.7. The summed E-state index contributed by atoms with van der Waals surface area (Å²) < 4.78 is 5.49. The number of rotatable bonds is 10. The van der Waals surface area contributed by atoms with Gasteiger partial charge in [-0.15, -0.1) is 24.0 Å². The van der Waals surface area contributed by atoms with Crippen LogP contribution in [0.2, 0.25) is 0 Å². The number of benzene rings is 1. The van der Waals surface area contributed by atoms with E-state index in [0.29, 0.717) is 6.54 Å². The Kier molecular flexibility index (Phi) is 13.5. The van der Waals surface area contributed by atoms with Gasteiger partial charge in [-0.1, -0.05) is 30.7 Å². The van der Waals surface area contributed by atoms with Gasteiger partial charge < -0.3 is 20.3 Å². The molecule has 2 heterocycles. The third-order valence-electron chi connectivity index (χ3n) is 6.47. The van der Waals surface area contributed by atoms with E-state index in [2.05, 4.69) is 58.5 Å². The Labute approximate surface area is 212 Å². The van der Waals surface area contributed by atoms with Crippen LogP contribution in [-0.2, 0) is 17.8 Å². The van der Waals surface area contributed by atoms with Crippen LogP contribution in [0.25, 0.3) is 0 Å². The first-order valence-corrected chi connectivity index (χ1v) is 12.4. The fourth-order valence-electron chi connectivity index (χ4n) is 4.51. The molecule has 2 aliphatic heterocycles. The monoisotopic (exact) mass is 557 g/mol. The van der Waals surface area contributed by atoms with Crippen LogP contribution in [0.1, 0.15) is 57.1 Å². The zero-order valence-electron chi connectivity index (χ0n) is 20.2. The van der Waals surface area contributed by atoms with Crippen molar-refractivity contribution in [1.29, 1.82) is 0 Å². The van der Waals surface area contributed by atoms with Crippen molar-refractivity contribution in [3.63, 3.8) is 0 Å². The van der Waals surface area contributed by atoms with Gasteiger partial charge in [0, 0.05) is 38.8 Å². The summed E-state index contributed by atoms with van der Waals surface area (Å²) in [6, 6.07) is 9.47. The molecule has 1 aromatic rings. The summed E-state index contributed by atoms with van der Waals surface area (Å²) in [6.07, 6.45) is 6.56. The van der Waals surface area contributed by atoms with Gasteiger partial charge in [0.2, 0.25) is 0 Å². The van der Waals surface area contributed by atoms with Gasteiger partial charge in [0.25, 0.3) is 0 Å². The highest BCUT2D eigenvalue weighted by atomic mass is 127. The number of guanidine groups is 1. The molecule has 2 aliphatic rings. The minimum absolute atomic E-state index is 0. The average Bonchev–Trinajstić information content (AvgIpc) is 2.80. The molecule has 1 aromatic carbocycles. The Morgan fingerprint density at radius 1 is 1.06 bits per heavy atom. The number of unbranched alkanes of at least 4 members (excludes halogenated alkanes) is 1. The van der Waals surface area contributed by atoms with Crippen molar-refractivity contribution in [3.8, 4) is 0 Å². The summed E-state index contributed by atoms with van der Waals surface area (Å²) in [6.45, 7) is 14.3. The minimum atomic E-state index is 0. The van der Waals surface area contributed by atoms with Gasteiger partial charge in [-0.05, 0) is 63.7 Å². The highest BCUT2D eigenvalue weighted by Crippen LogP contribution is 2.17. The molecule has 2 N–H and O–H groups in total. The number of halogens is 1. The van der Waals surface area contributed by atoms with Crippen molar-refractivity contribution in [2.24, 2.45) is 4.99 Å². The number of piperidine rings is 1. The number of nitrogens with one attached hydrogen (secondary N) is 2. The van der Waals surface area contributed by atoms with Crippen LogP contribution in [0.15, 0.2) is 29.3 Å². The largest absolute Gasteiger partial charge is 0.379 e. The van der Waals surface area contributed by atoms with Crippen molar-refractivity contribution >= 4 is 29.9 Å². The molecular formula is C25H44IN5O. The van der Waals surface area contributed by atoms with Crippen LogP contribution >= 0.6 is 24.0 Å². The van der Waals surface area contributed by atoms with Crippen LogP contribution in [0.5, 0.6) is 0 Å². The minimum Gasteiger partial charge on any atom is -0.379 e. The lowest BCUT2D eigenvalue weighted by atomic mass is 10.0. The number of aliphatic imine (C=N–C) groups is 1. The van der Waals surface area contributed by atoms with Crippen molar-refractivity contribution in [3.05, 3.63) is 35.4 Å².